The Hall–Kier alpha value is -4.74. The van der Waals surface area contributed by atoms with Crippen molar-refractivity contribution < 1.29 is 0 Å². The zero-order valence-electron chi connectivity index (χ0n) is 18.3. The smallest absolute Gasteiger partial charge is 0.0991 e. The van der Waals surface area contributed by atoms with Crippen molar-refractivity contribution in [3.05, 3.63) is 115 Å². The van der Waals surface area contributed by atoms with Crippen LogP contribution in [0.5, 0.6) is 0 Å². The van der Waals surface area contributed by atoms with Crippen LogP contribution in [0.3, 0.4) is 0 Å². The number of hydrogen-bond donors (Lipinski definition) is 0. The highest BCUT2D eigenvalue weighted by atomic mass is 14.7. The number of fused-ring (bicyclic) bond motifs is 8. The van der Waals surface area contributed by atoms with E-state index in [4.69, 9.17) is 4.98 Å². The fraction of sp³-hybridized carbons (Fsp3) is 0. The molecule has 0 unspecified atom stereocenters. The number of aromatic nitrogens is 1. The Morgan fingerprint density at radius 1 is 0.500 bits per heavy atom. The molecule has 0 saturated heterocycles. The van der Waals surface area contributed by atoms with Crippen LogP contribution in [0.25, 0.3) is 65.1 Å². The van der Waals surface area contributed by atoms with E-state index in [0.717, 1.165) is 27.4 Å². The highest BCUT2D eigenvalue weighted by Gasteiger charge is 2.11. The van der Waals surface area contributed by atoms with Crippen molar-refractivity contribution in [2.45, 2.75) is 0 Å². The second kappa shape index (κ2) is 7.13. The molecule has 0 bridgehead atoms. The van der Waals surface area contributed by atoms with Gasteiger partial charge in [0.25, 0.3) is 0 Å². The third-order valence-electron chi connectivity index (χ3n) is 6.91. The van der Waals surface area contributed by atoms with E-state index in [9.17, 15) is 5.26 Å². The van der Waals surface area contributed by atoms with E-state index >= 15 is 0 Å². The lowest BCUT2D eigenvalue weighted by Crippen LogP contribution is -1.89. The first-order valence-corrected chi connectivity index (χ1v) is 11.4. The first-order valence-electron chi connectivity index (χ1n) is 11.4. The van der Waals surface area contributed by atoms with Crippen molar-refractivity contribution in [2.24, 2.45) is 0 Å². The molecule has 1 aromatic heterocycles. The van der Waals surface area contributed by atoms with Crippen LogP contribution >= 0.6 is 0 Å². The molecule has 0 amide bonds. The molecule has 0 atom stereocenters. The summed E-state index contributed by atoms with van der Waals surface area (Å²) in [7, 11) is 0. The van der Waals surface area contributed by atoms with Gasteiger partial charge in [0.1, 0.15) is 0 Å². The molecule has 34 heavy (non-hydrogen) atoms. The monoisotopic (exact) mass is 430 g/mol. The Labute approximate surface area is 196 Å². The standard InChI is InChI=1S/C32H18N2/c33-19-20-5-10-27-22(17-20)8-12-29-28(27)13-14-31-30(29)15-16-34-32(31)24-9-11-26-23(18-24)7-6-21-3-1-2-4-25(21)26/h1-18H. The van der Waals surface area contributed by atoms with Crippen LogP contribution in [-0.4, -0.2) is 4.98 Å². The molecule has 0 fully saturated rings. The summed E-state index contributed by atoms with van der Waals surface area (Å²) in [6.45, 7) is 0. The summed E-state index contributed by atoms with van der Waals surface area (Å²) in [6, 6.07) is 38.4. The van der Waals surface area contributed by atoms with Gasteiger partial charge in [-0.2, -0.15) is 5.26 Å². The fourth-order valence-electron chi connectivity index (χ4n) is 5.27. The number of pyridine rings is 1. The highest BCUT2D eigenvalue weighted by molar-refractivity contribution is 6.19. The van der Waals surface area contributed by atoms with Gasteiger partial charge in [-0.15, -0.1) is 0 Å². The van der Waals surface area contributed by atoms with E-state index in [1.807, 2.05) is 18.3 Å². The average molecular weight is 431 g/mol. The highest BCUT2D eigenvalue weighted by Crippen LogP contribution is 2.36. The molecular formula is C32H18N2. The van der Waals surface area contributed by atoms with Crippen LogP contribution in [0.1, 0.15) is 5.56 Å². The maximum atomic E-state index is 9.25. The van der Waals surface area contributed by atoms with Crippen LogP contribution in [0.2, 0.25) is 0 Å². The summed E-state index contributed by atoms with van der Waals surface area (Å²) in [5.74, 6) is 0. The largest absolute Gasteiger partial charge is 0.256 e. The molecule has 2 heteroatoms. The lowest BCUT2D eigenvalue weighted by molar-refractivity contribution is 1.36. The van der Waals surface area contributed by atoms with Gasteiger partial charge in [0.2, 0.25) is 0 Å². The van der Waals surface area contributed by atoms with Crippen molar-refractivity contribution in [2.75, 3.05) is 0 Å². The SMILES string of the molecule is N#Cc1ccc2c(ccc3c4ccnc(-c5ccc6c(ccc7ccccc76)c5)c4ccc23)c1. The van der Waals surface area contributed by atoms with Crippen LogP contribution < -0.4 is 0 Å². The zero-order chi connectivity index (χ0) is 22.6. The van der Waals surface area contributed by atoms with Gasteiger partial charge >= 0.3 is 0 Å². The maximum absolute atomic E-state index is 9.25. The maximum Gasteiger partial charge on any atom is 0.0991 e. The Morgan fingerprint density at radius 3 is 2.06 bits per heavy atom. The minimum absolute atomic E-state index is 0.684. The molecule has 0 radical (unpaired) electrons. The van der Waals surface area contributed by atoms with Gasteiger partial charge in [-0.1, -0.05) is 78.9 Å². The molecule has 156 valence electrons. The molecule has 7 rings (SSSR count). The van der Waals surface area contributed by atoms with Gasteiger partial charge in [-0.25, -0.2) is 0 Å². The number of benzene rings is 6. The molecule has 0 N–H and O–H groups in total. The topological polar surface area (TPSA) is 36.7 Å². The predicted octanol–water partition coefficient (Wildman–Crippen LogP) is 8.39. The minimum Gasteiger partial charge on any atom is -0.256 e. The van der Waals surface area contributed by atoms with Gasteiger partial charge < -0.3 is 0 Å². The van der Waals surface area contributed by atoms with E-state index in [1.54, 1.807) is 0 Å². The van der Waals surface area contributed by atoms with Crippen LogP contribution in [0.15, 0.2) is 109 Å². The zero-order valence-corrected chi connectivity index (χ0v) is 18.3. The van der Waals surface area contributed by atoms with Gasteiger partial charge in [-0.3, -0.25) is 4.98 Å². The summed E-state index contributed by atoms with van der Waals surface area (Å²) in [5, 5.41) is 21.2. The number of hydrogen-bond acceptors (Lipinski definition) is 2. The second-order valence-corrected chi connectivity index (χ2v) is 8.75. The molecular weight excluding hydrogens is 412 g/mol. The Bertz CT molecular complexity index is 1980. The first-order chi connectivity index (χ1) is 16.8. The van der Waals surface area contributed by atoms with Crippen LogP contribution in [0, 0.1) is 11.3 Å². The molecule has 0 saturated carbocycles. The molecule has 0 spiro atoms. The third kappa shape index (κ3) is 2.71. The summed E-state index contributed by atoms with van der Waals surface area (Å²) >= 11 is 0. The Balaban J connectivity index is 1.47. The average Bonchev–Trinajstić information content (AvgIpc) is 2.91. The van der Waals surface area contributed by atoms with Crippen LogP contribution in [-0.2, 0) is 0 Å². The predicted molar refractivity (Wildman–Crippen MR) is 142 cm³/mol. The molecule has 2 nitrogen and oxygen atoms in total. The summed E-state index contributed by atoms with van der Waals surface area (Å²) in [5.41, 5.74) is 2.80. The summed E-state index contributed by atoms with van der Waals surface area (Å²) in [4.78, 5) is 4.80. The summed E-state index contributed by atoms with van der Waals surface area (Å²) in [6.07, 6.45) is 1.91. The molecule has 0 aliphatic heterocycles. The molecule has 0 aliphatic rings. The molecule has 7 aromatic rings. The quantitative estimate of drug-likeness (QED) is 0.245. The van der Waals surface area contributed by atoms with Crippen molar-refractivity contribution in [1.29, 1.82) is 5.26 Å². The second-order valence-electron chi connectivity index (χ2n) is 8.75. The van der Waals surface area contributed by atoms with E-state index in [0.29, 0.717) is 5.56 Å². The molecule has 0 aliphatic carbocycles. The van der Waals surface area contributed by atoms with Crippen molar-refractivity contribution in [3.63, 3.8) is 0 Å². The first kappa shape index (κ1) is 18.8. The normalized spacial score (nSPS) is 11.5. The number of nitriles is 1. The van der Waals surface area contributed by atoms with Crippen molar-refractivity contribution in [3.8, 4) is 17.3 Å². The number of nitrogens with zero attached hydrogens (tertiary/aromatic N) is 2. The van der Waals surface area contributed by atoms with Gasteiger partial charge in [0.15, 0.2) is 0 Å². The number of rotatable bonds is 1. The Morgan fingerprint density at radius 2 is 1.12 bits per heavy atom. The van der Waals surface area contributed by atoms with E-state index in [-0.39, 0.29) is 0 Å². The molecule has 1 heterocycles. The van der Waals surface area contributed by atoms with E-state index < -0.39 is 0 Å². The van der Waals surface area contributed by atoms with Gasteiger partial charge in [0, 0.05) is 17.1 Å². The third-order valence-corrected chi connectivity index (χ3v) is 6.91. The Kier molecular flexibility index (Phi) is 3.94. The van der Waals surface area contributed by atoms with Crippen LogP contribution in [0.4, 0.5) is 0 Å². The van der Waals surface area contributed by atoms with E-state index in [2.05, 4.69) is 97.1 Å². The van der Waals surface area contributed by atoms with Crippen molar-refractivity contribution in [1.82, 2.24) is 4.98 Å². The van der Waals surface area contributed by atoms with Gasteiger partial charge in [0.05, 0.1) is 17.3 Å². The molecule has 6 aromatic carbocycles. The van der Waals surface area contributed by atoms with Crippen molar-refractivity contribution >= 4 is 53.9 Å². The van der Waals surface area contributed by atoms with E-state index in [1.165, 1.54) is 37.7 Å². The van der Waals surface area contributed by atoms with Gasteiger partial charge in [-0.05, 0) is 72.7 Å². The fourth-order valence-corrected chi connectivity index (χ4v) is 5.27. The lowest BCUT2D eigenvalue weighted by atomic mass is 9.94. The minimum atomic E-state index is 0.684. The summed E-state index contributed by atoms with van der Waals surface area (Å²) < 4.78 is 0. The lowest BCUT2D eigenvalue weighted by Gasteiger charge is -2.12.